The maximum absolute atomic E-state index is 12.6. The van der Waals surface area contributed by atoms with Crippen molar-refractivity contribution in [2.45, 2.75) is 143 Å². The molecule has 4 nitrogen and oxygen atoms in total. The fourth-order valence-corrected chi connectivity index (χ4v) is 4.75. The topological polar surface area (TPSA) is 52.6 Å². The van der Waals surface area contributed by atoms with Crippen LogP contribution in [0.1, 0.15) is 164 Å². The van der Waals surface area contributed by atoms with Crippen molar-refractivity contribution in [3.8, 4) is 0 Å². The Labute approximate surface area is 234 Å². The van der Waals surface area contributed by atoms with Gasteiger partial charge in [-0.1, -0.05) is 143 Å². The predicted octanol–water partition coefficient (Wildman–Crippen LogP) is 10.3. The van der Waals surface area contributed by atoms with Crippen molar-refractivity contribution < 1.29 is 19.1 Å². The van der Waals surface area contributed by atoms with E-state index in [9.17, 15) is 9.59 Å². The van der Waals surface area contributed by atoms with Crippen molar-refractivity contribution in [2.24, 2.45) is 11.8 Å². The number of esters is 2. The first-order valence-corrected chi connectivity index (χ1v) is 15.8. The lowest BCUT2D eigenvalue weighted by molar-refractivity contribution is 0.0450. The Morgan fingerprint density at radius 2 is 0.789 bits per heavy atom. The Bertz CT molecular complexity index is 664. The molecule has 0 atom stereocenters. The fourth-order valence-electron chi connectivity index (χ4n) is 4.75. The Balaban J connectivity index is 2.13. The predicted molar refractivity (Wildman–Crippen MR) is 160 cm³/mol. The van der Waals surface area contributed by atoms with E-state index in [4.69, 9.17) is 9.47 Å². The van der Waals surface area contributed by atoms with Gasteiger partial charge in [-0.15, -0.1) is 0 Å². The van der Waals surface area contributed by atoms with E-state index in [1.54, 1.807) is 24.3 Å². The van der Waals surface area contributed by atoms with E-state index in [0.29, 0.717) is 24.3 Å². The molecule has 0 amide bonds. The van der Waals surface area contributed by atoms with E-state index in [0.717, 1.165) is 37.5 Å². The molecule has 0 bridgehead atoms. The highest BCUT2D eigenvalue weighted by Crippen LogP contribution is 2.16. The van der Waals surface area contributed by atoms with E-state index < -0.39 is 11.9 Å². The number of unbranched alkanes of at least 4 members (excludes halogenated alkanes) is 14. The van der Waals surface area contributed by atoms with Crippen LogP contribution in [0.5, 0.6) is 0 Å². The Kier molecular flexibility index (Phi) is 20.8. The van der Waals surface area contributed by atoms with Crippen LogP contribution in [0.4, 0.5) is 0 Å². The lowest BCUT2D eigenvalue weighted by Gasteiger charge is -2.10. The summed E-state index contributed by atoms with van der Waals surface area (Å²) in [5.41, 5.74) is 0.604. The zero-order valence-electron chi connectivity index (χ0n) is 25.2. The van der Waals surface area contributed by atoms with Crippen LogP contribution in [0.3, 0.4) is 0 Å². The minimum atomic E-state index is -0.434. The third-order valence-electron chi connectivity index (χ3n) is 7.18. The molecule has 0 N–H and O–H groups in total. The molecule has 0 saturated carbocycles. The van der Waals surface area contributed by atoms with Gasteiger partial charge in [-0.05, 0) is 36.8 Å². The molecule has 1 aromatic carbocycles. The smallest absolute Gasteiger partial charge is 0.339 e. The van der Waals surface area contributed by atoms with Crippen molar-refractivity contribution in [1.82, 2.24) is 0 Å². The summed E-state index contributed by atoms with van der Waals surface area (Å²) in [5.74, 6) is 0.760. The van der Waals surface area contributed by atoms with Crippen molar-refractivity contribution in [1.29, 1.82) is 0 Å². The Morgan fingerprint density at radius 3 is 1.11 bits per heavy atom. The van der Waals surface area contributed by atoms with Gasteiger partial charge in [0.25, 0.3) is 0 Å². The Hall–Kier alpha value is -1.84. The molecule has 0 fully saturated rings. The van der Waals surface area contributed by atoms with Gasteiger partial charge in [0.15, 0.2) is 0 Å². The maximum Gasteiger partial charge on any atom is 0.339 e. The molecule has 0 aliphatic heterocycles. The number of carbonyl (C=O) groups excluding carboxylic acids is 2. The molecule has 0 heterocycles. The zero-order valence-corrected chi connectivity index (χ0v) is 25.2. The summed E-state index contributed by atoms with van der Waals surface area (Å²) in [6.07, 6.45) is 22.1. The van der Waals surface area contributed by atoms with Gasteiger partial charge in [0, 0.05) is 0 Å². The normalized spacial score (nSPS) is 11.3. The van der Waals surface area contributed by atoms with E-state index >= 15 is 0 Å². The molecule has 0 radical (unpaired) electrons. The molecular weight excluding hydrogens is 472 g/mol. The molecule has 0 aliphatic carbocycles. The summed E-state index contributed by atoms with van der Waals surface area (Å²) < 4.78 is 10.9. The number of hydrogen-bond acceptors (Lipinski definition) is 4. The van der Waals surface area contributed by atoms with Crippen molar-refractivity contribution in [3.05, 3.63) is 35.4 Å². The van der Waals surface area contributed by atoms with Crippen molar-refractivity contribution in [2.75, 3.05) is 13.2 Å². The minimum Gasteiger partial charge on any atom is -0.462 e. The van der Waals surface area contributed by atoms with Crippen LogP contribution in [-0.4, -0.2) is 25.2 Å². The van der Waals surface area contributed by atoms with Gasteiger partial charge in [0.1, 0.15) is 0 Å². The standard InChI is InChI=1S/C34H58O4/c1-29(2)23-17-13-9-5-7-11-15-21-27-37-33(35)31-25-19-20-26-32(31)34(36)38-28-22-16-12-8-6-10-14-18-24-30(3)4/h19-20,25-26,29-30H,5-18,21-24,27-28H2,1-4H3. The van der Waals surface area contributed by atoms with Gasteiger partial charge in [-0.25, -0.2) is 9.59 Å². The number of carbonyl (C=O) groups is 2. The lowest BCUT2D eigenvalue weighted by Crippen LogP contribution is -2.15. The lowest BCUT2D eigenvalue weighted by atomic mass is 10.0. The van der Waals surface area contributed by atoms with Crippen LogP contribution in [0.25, 0.3) is 0 Å². The van der Waals surface area contributed by atoms with E-state index in [-0.39, 0.29) is 0 Å². The summed E-state index contributed by atoms with van der Waals surface area (Å²) in [4.78, 5) is 25.2. The summed E-state index contributed by atoms with van der Waals surface area (Å²) in [6, 6.07) is 6.83. The van der Waals surface area contributed by atoms with Gasteiger partial charge < -0.3 is 9.47 Å². The summed E-state index contributed by atoms with van der Waals surface area (Å²) >= 11 is 0. The first-order chi connectivity index (χ1) is 18.4. The van der Waals surface area contributed by atoms with Crippen LogP contribution < -0.4 is 0 Å². The first-order valence-electron chi connectivity index (χ1n) is 15.8. The Morgan fingerprint density at radius 1 is 0.500 bits per heavy atom. The van der Waals surface area contributed by atoms with Gasteiger partial charge in [-0.2, -0.15) is 0 Å². The van der Waals surface area contributed by atoms with E-state index in [2.05, 4.69) is 27.7 Å². The molecule has 38 heavy (non-hydrogen) atoms. The van der Waals surface area contributed by atoms with Crippen molar-refractivity contribution in [3.63, 3.8) is 0 Å². The zero-order chi connectivity index (χ0) is 27.8. The van der Waals surface area contributed by atoms with Crippen molar-refractivity contribution >= 4 is 11.9 Å². The summed E-state index contributed by atoms with van der Waals surface area (Å²) in [7, 11) is 0. The molecule has 1 rings (SSSR count). The third kappa shape index (κ3) is 18.4. The second-order valence-corrected chi connectivity index (χ2v) is 11.8. The molecule has 218 valence electrons. The van der Waals surface area contributed by atoms with Gasteiger partial charge in [0.2, 0.25) is 0 Å². The minimum absolute atomic E-state index is 0.302. The van der Waals surface area contributed by atoms with Gasteiger partial charge in [0.05, 0.1) is 24.3 Å². The molecule has 1 aromatic rings. The number of benzene rings is 1. The largest absolute Gasteiger partial charge is 0.462 e. The number of ether oxygens (including phenoxy) is 2. The van der Waals surface area contributed by atoms with Crippen LogP contribution in [-0.2, 0) is 9.47 Å². The van der Waals surface area contributed by atoms with Crippen LogP contribution in [0.15, 0.2) is 24.3 Å². The first kappa shape index (κ1) is 34.2. The van der Waals surface area contributed by atoms with E-state index in [1.807, 2.05) is 0 Å². The number of hydrogen-bond donors (Lipinski definition) is 0. The molecule has 0 aliphatic rings. The third-order valence-corrected chi connectivity index (χ3v) is 7.18. The van der Waals surface area contributed by atoms with Gasteiger partial charge in [-0.3, -0.25) is 0 Å². The average Bonchev–Trinajstić information content (AvgIpc) is 2.89. The second kappa shape index (κ2) is 23.1. The molecule has 0 saturated heterocycles. The quantitative estimate of drug-likeness (QED) is 0.0985. The summed E-state index contributed by atoms with van der Waals surface area (Å²) in [5, 5.41) is 0. The second-order valence-electron chi connectivity index (χ2n) is 11.8. The highest BCUT2D eigenvalue weighted by atomic mass is 16.5. The number of rotatable bonds is 24. The SMILES string of the molecule is CC(C)CCCCCCCCCCOC(=O)c1ccccc1C(=O)OCCCCCCCCCCC(C)C. The molecule has 0 spiro atoms. The van der Waals surface area contributed by atoms with Crippen LogP contribution in [0, 0.1) is 11.8 Å². The maximum atomic E-state index is 12.6. The highest BCUT2D eigenvalue weighted by Gasteiger charge is 2.18. The van der Waals surface area contributed by atoms with Gasteiger partial charge >= 0.3 is 11.9 Å². The van der Waals surface area contributed by atoms with Crippen LogP contribution >= 0.6 is 0 Å². The molecule has 0 aromatic heterocycles. The van der Waals surface area contributed by atoms with E-state index in [1.165, 1.54) is 89.9 Å². The van der Waals surface area contributed by atoms with Crippen LogP contribution in [0.2, 0.25) is 0 Å². The summed E-state index contributed by atoms with van der Waals surface area (Å²) in [6.45, 7) is 9.95. The fraction of sp³-hybridized carbons (Fsp3) is 0.765. The molecular formula is C34H58O4. The average molecular weight is 531 g/mol. The highest BCUT2D eigenvalue weighted by molar-refractivity contribution is 6.03. The molecule has 4 heteroatoms. The monoisotopic (exact) mass is 530 g/mol. The molecule has 0 unspecified atom stereocenters.